The largest absolute Gasteiger partial charge is 0.376 e. The molecule has 0 spiro atoms. The number of benzene rings is 1. The van der Waals surface area contributed by atoms with E-state index < -0.39 is 10.0 Å². The van der Waals surface area contributed by atoms with Gasteiger partial charge in [0.2, 0.25) is 0 Å². The fourth-order valence-electron chi connectivity index (χ4n) is 2.57. The second-order valence-electron chi connectivity index (χ2n) is 5.74. The average Bonchev–Trinajstić information content (AvgIpc) is 3.11. The van der Waals surface area contributed by atoms with E-state index in [1.54, 1.807) is 18.2 Å². The minimum atomic E-state index is -3.63. The van der Waals surface area contributed by atoms with Gasteiger partial charge in [-0.05, 0) is 37.0 Å². The SMILES string of the molecule is O=S(=O)(Nc1cccc(COCC2CCCCO2)c1)c1cn[nH]c1. The molecule has 7 nitrogen and oxygen atoms in total. The second-order valence-corrected chi connectivity index (χ2v) is 7.43. The Morgan fingerprint density at radius 1 is 1.38 bits per heavy atom. The Morgan fingerprint density at radius 2 is 2.29 bits per heavy atom. The van der Waals surface area contributed by atoms with E-state index in [9.17, 15) is 8.42 Å². The van der Waals surface area contributed by atoms with Crippen molar-refractivity contribution in [2.45, 2.75) is 36.9 Å². The Labute approximate surface area is 141 Å². The summed E-state index contributed by atoms with van der Waals surface area (Å²) in [5.74, 6) is 0. The number of H-pyrrole nitrogens is 1. The molecule has 1 fully saturated rings. The number of nitrogens with one attached hydrogen (secondary N) is 2. The van der Waals surface area contributed by atoms with E-state index >= 15 is 0 Å². The minimum absolute atomic E-state index is 0.0959. The summed E-state index contributed by atoms with van der Waals surface area (Å²) in [4.78, 5) is 0.0959. The van der Waals surface area contributed by atoms with E-state index in [1.165, 1.54) is 18.8 Å². The first-order chi connectivity index (χ1) is 11.6. The number of nitrogens with zero attached hydrogens (tertiary/aromatic N) is 1. The van der Waals surface area contributed by atoms with Gasteiger partial charge in [0.1, 0.15) is 4.90 Å². The van der Waals surface area contributed by atoms with Gasteiger partial charge in [-0.1, -0.05) is 12.1 Å². The van der Waals surface area contributed by atoms with Gasteiger partial charge in [-0.15, -0.1) is 0 Å². The highest BCUT2D eigenvalue weighted by Gasteiger charge is 2.16. The molecule has 1 aromatic carbocycles. The summed E-state index contributed by atoms with van der Waals surface area (Å²) < 4.78 is 38.2. The molecule has 0 radical (unpaired) electrons. The van der Waals surface area contributed by atoms with Crippen LogP contribution >= 0.6 is 0 Å². The molecule has 0 aliphatic carbocycles. The lowest BCUT2D eigenvalue weighted by Gasteiger charge is -2.22. The standard InChI is InChI=1S/C16H21N3O4S/c20-24(21,16-9-17-18-10-16)19-14-5-3-4-13(8-14)11-22-12-15-6-1-2-7-23-15/h3-5,8-10,15,19H,1-2,6-7,11-12H2,(H,17,18). The van der Waals surface area contributed by atoms with Crippen LogP contribution in [0.25, 0.3) is 0 Å². The molecule has 8 heteroatoms. The fraction of sp³-hybridized carbons (Fsp3) is 0.438. The molecule has 130 valence electrons. The van der Waals surface area contributed by atoms with Gasteiger partial charge in [0.05, 0.1) is 25.5 Å². The zero-order valence-electron chi connectivity index (χ0n) is 13.3. The first-order valence-corrected chi connectivity index (χ1v) is 9.42. The number of sulfonamides is 1. The maximum absolute atomic E-state index is 12.2. The highest BCUT2D eigenvalue weighted by atomic mass is 32.2. The third-order valence-electron chi connectivity index (χ3n) is 3.81. The van der Waals surface area contributed by atoms with Crippen LogP contribution in [-0.2, 0) is 26.1 Å². The number of ether oxygens (including phenoxy) is 2. The zero-order valence-corrected chi connectivity index (χ0v) is 14.1. The highest BCUT2D eigenvalue weighted by Crippen LogP contribution is 2.18. The average molecular weight is 351 g/mol. The zero-order chi connectivity index (χ0) is 16.8. The third-order valence-corrected chi connectivity index (χ3v) is 5.16. The summed E-state index contributed by atoms with van der Waals surface area (Å²) in [6.07, 6.45) is 6.10. The van der Waals surface area contributed by atoms with Crippen LogP contribution in [0.2, 0.25) is 0 Å². The lowest BCUT2D eigenvalue weighted by atomic mass is 10.1. The summed E-state index contributed by atoms with van der Waals surface area (Å²) in [7, 11) is -3.63. The predicted molar refractivity (Wildman–Crippen MR) is 89.1 cm³/mol. The van der Waals surface area contributed by atoms with E-state index in [0.29, 0.717) is 18.9 Å². The summed E-state index contributed by atoms with van der Waals surface area (Å²) in [6, 6.07) is 7.16. The second kappa shape index (κ2) is 7.78. The van der Waals surface area contributed by atoms with Gasteiger partial charge in [-0.25, -0.2) is 8.42 Å². The Kier molecular flexibility index (Phi) is 5.49. The molecule has 1 unspecified atom stereocenters. The number of anilines is 1. The topological polar surface area (TPSA) is 93.3 Å². The van der Waals surface area contributed by atoms with Crippen molar-refractivity contribution in [2.75, 3.05) is 17.9 Å². The molecule has 0 amide bonds. The van der Waals surface area contributed by atoms with Crippen LogP contribution in [0.1, 0.15) is 24.8 Å². The number of hydrogen-bond donors (Lipinski definition) is 2. The van der Waals surface area contributed by atoms with E-state index in [4.69, 9.17) is 9.47 Å². The highest BCUT2D eigenvalue weighted by molar-refractivity contribution is 7.92. The molecule has 1 saturated heterocycles. The molecule has 1 aliphatic rings. The number of rotatable bonds is 7. The van der Waals surface area contributed by atoms with E-state index in [0.717, 1.165) is 25.0 Å². The Morgan fingerprint density at radius 3 is 3.04 bits per heavy atom. The van der Waals surface area contributed by atoms with Gasteiger partial charge in [-0.2, -0.15) is 5.10 Å². The minimum Gasteiger partial charge on any atom is -0.376 e. The van der Waals surface area contributed by atoms with Crippen molar-refractivity contribution in [1.29, 1.82) is 0 Å². The lowest BCUT2D eigenvalue weighted by molar-refractivity contribution is -0.0447. The molecule has 0 bridgehead atoms. The molecule has 24 heavy (non-hydrogen) atoms. The van der Waals surface area contributed by atoms with Crippen molar-refractivity contribution < 1.29 is 17.9 Å². The molecule has 1 aliphatic heterocycles. The molecular weight excluding hydrogens is 330 g/mol. The van der Waals surface area contributed by atoms with Crippen LogP contribution < -0.4 is 4.72 Å². The predicted octanol–water partition coefficient (Wildman–Crippen LogP) is 2.30. The molecule has 1 aromatic heterocycles. The van der Waals surface area contributed by atoms with Crippen LogP contribution in [0.3, 0.4) is 0 Å². The first-order valence-electron chi connectivity index (χ1n) is 7.93. The normalized spacial score (nSPS) is 18.4. The van der Waals surface area contributed by atoms with Gasteiger partial charge in [-0.3, -0.25) is 9.82 Å². The third kappa shape index (κ3) is 4.56. The lowest BCUT2D eigenvalue weighted by Crippen LogP contribution is -2.24. The van der Waals surface area contributed by atoms with Crippen LogP contribution in [-0.4, -0.2) is 37.9 Å². The maximum atomic E-state index is 12.2. The molecule has 2 N–H and O–H groups in total. The van der Waals surface area contributed by atoms with Crippen molar-refractivity contribution >= 4 is 15.7 Å². The van der Waals surface area contributed by atoms with Crippen LogP contribution in [0.4, 0.5) is 5.69 Å². The van der Waals surface area contributed by atoms with Gasteiger partial charge in [0.25, 0.3) is 10.0 Å². The van der Waals surface area contributed by atoms with Crippen molar-refractivity contribution in [3.8, 4) is 0 Å². The van der Waals surface area contributed by atoms with E-state index in [-0.39, 0.29) is 11.0 Å². The molecular formula is C16H21N3O4S. The number of aromatic amines is 1. The maximum Gasteiger partial charge on any atom is 0.265 e. The summed E-state index contributed by atoms with van der Waals surface area (Å²) in [5.41, 5.74) is 1.39. The molecule has 2 aromatic rings. The summed E-state index contributed by atoms with van der Waals surface area (Å²) in [5, 5.41) is 6.15. The first kappa shape index (κ1) is 16.9. The molecule has 1 atom stereocenters. The van der Waals surface area contributed by atoms with Crippen molar-refractivity contribution in [1.82, 2.24) is 10.2 Å². The Bertz CT molecular complexity index is 740. The van der Waals surface area contributed by atoms with Gasteiger partial charge < -0.3 is 9.47 Å². The summed E-state index contributed by atoms with van der Waals surface area (Å²) >= 11 is 0. The van der Waals surface area contributed by atoms with E-state index in [2.05, 4.69) is 14.9 Å². The smallest absolute Gasteiger partial charge is 0.265 e. The Balaban J connectivity index is 1.56. The van der Waals surface area contributed by atoms with Crippen LogP contribution in [0.5, 0.6) is 0 Å². The quantitative estimate of drug-likeness (QED) is 0.798. The van der Waals surface area contributed by atoms with Gasteiger partial charge >= 0.3 is 0 Å². The van der Waals surface area contributed by atoms with Crippen molar-refractivity contribution in [3.63, 3.8) is 0 Å². The monoisotopic (exact) mass is 351 g/mol. The van der Waals surface area contributed by atoms with Crippen molar-refractivity contribution in [3.05, 3.63) is 42.2 Å². The fourth-order valence-corrected chi connectivity index (χ4v) is 3.53. The van der Waals surface area contributed by atoms with Crippen LogP contribution in [0, 0.1) is 0 Å². The van der Waals surface area contributed by atoms with Gasteiger partial charge in [0, 0.05) is 18.5 Å². The number of aromatic nitrogens is 2. The summed E-state index contributed by atoms with van der Waals surface area (Å²) in [6.45, 7) is 1.78. The van der Waals surface area contributed by atoms with Gasteiger partial charge in [0.15, 0.2) is 0 Å². The molecule has 0 saturated carbocycles. The molecule has 2 heterocycles. The molecule has 3 rings (SSSR count). The van der Waals surface area contributed by atoms with Crippen LogP contribution in [0.15, 0.2) is 41.6 Å². The number of hydrogen-bond acceptors (Lipinski definition) is 5. The van der Waals surface area contributed by atoms with Crippen molar-refractivity contribution in [2.24, 2.45) is 0 Å². The Hall–Kier alpha value is -1.90. The van der Waals surface area contributed by atoms with E-state index in [1.807, 2.05) is 6.07 Å².